The van der Waals surface area contributed by atoms with Gasteiger partial charge in [-0.3, -0.25) is 9.69 Å². The van der Waals surface area contributed by atoms with Gasteiger partial charge in [0.25, 0.3) is 5.91 Å². The quantitative estimate of drug-likeness (QED) is 0.441. The van der Waals surface area contributed by atoms with Crippen LogP contribution in [0.25, 0.3) is 17.4 Å². The third-order valence-electron chi connectivity index (χ3n) is 4.44. The molecule has 1 amide bonds. The Hall–Kier alpha value is -3.36. The molecule has 3 aromatic rings. The molecule has 1 saturated heterocycles. The first kappa shape index (κ1) is 19.9. The molecule has 2 aromatic carbocycles. The molecule has 1 aliphatic rings. The number of aromatic carboxylic acids is 1. The van der Waals surface area contributed by atoms with Crippen LogP contribution in [0.1, 0.15) is 16.1 Å². The average molecular weight is 437 g/mol. The lowest BCUT2D eigenvalue weighted by molar-refractivity contribution is -0.113. The van der Waals surface area contributed by atoms with Gasteiger partial charge in [-0.1, -0.05) is 54.3 Å². The van der Waals surface area contributed by atoms with E-state index in [1.54, 1.807) is 54.6 Å². The number of carbonyl (C=O) groups excluding carboxylic acids is 1. The van der Waals surface area contributed by atoms with Crippen LogP contribution in [0, 0.1) is 0 Å². The summed E-state index contributed by atoms with van der Waals surface area (Å²) in [4.78, 5) is 26.3. The number of hydrogen-bond donors (Lipinski definition) is 1. The van der Waals surface area contributed by atoms with Gasteiger partial charge in [0.05, 0.1) is 23.3 Å². The van der Waals surface area contributed by atoms with Crippen molar-refractivity contribution in [2.45, 2.75) is 0 Å². The SMILES string of the molecule is COc1ccccc1N1C(=O)/C(=C/c2ccc(-c3ccccc3C(=O)O)o2)SC1=S. The van der Waals surface area contributed by atoms with Crippen molar-refractivity contribution >= 4 is 51.9 Å². The second-order valence-electron chi connectivity index (χ2n) is 6.24. The zero-order chi connectivity index (χ0) is 21.3. The van der Waals surface area contributed by atoms with Crippen molar-refractivity contribution < 1.29 is 23.8 Å². The van der Waals surface area contributed by atoms with Crippen LogP contribution in [-0.4, -0.2) is 28.4 Å². The summed E-state index contributed by atoms with van der Waals surface area (Å²) in [6.07, 6.45) is 1.60. The predicted molar refractivity (Wildman–Crippen MR) is 120 cm³/mol. The lowest BCUT2D eigenvalue weighted by Crippen LogP contribution is -2.27. The highest BCUT2D eigenvalue weighted by molar-refractivity contribution is 8.27. The predicted octanol–water partition coefficient (Wildman–Crippen LogP) is 5.06. The molecule has 0 atom stereocenters. The molecule has 0 aliphatic carbocycles. The number of benzene rings is 2. The van der Waals surface area contributed by atoms with Crippen molar-refractivity contribution in [3.63, 3.8) is 0 Å². The fraction of sp³-hybridized carbons (Fsp3) is 0.0455. The lowest BCUT2D eigenvalue weighted by Gasteiger charge is -2.17. The molecular formula is C22H15NO5S2. The highest BCUT2D eigenvalue weighted by atomic mass is 32.2. The summed E-state index contributed by atoms with van der Waals surface area (Å²) in [6.45, 7) is 0. The van der Waals surface area contributed by atoms with Gasteiger partial charge in [-0.2, -0.15) is 0 Å². The Bertz CT molecular complexity index is 1200. The first-order valence-electron chi connectivity index (χ1n) is 8.83. The molecule has 150 valence electrons. The summed E-state index contributed by atoms with van der Waals surface area (Å²) in [5.74, 6) is 0.0467. The molecule has 2 heterocycles. The molecule has 0 radical (unpaired) electrons. The molecule has 1 N–H and O–H groups in total. The number of para-hydroxylation sites is 2. The summed E-state index contributed by atoms with van der Waals surface area (Å²) < 4.78 is 11.5. The number of rotatable bonds is 5. The van der Waals surface area contributed by atoms with E-state index in [2.05, 4.69) is 0 Å². The molecule has 0 spiro atoms. The van der Waals surface area contributed by atoms with Crippen LogP contribution >= 0.6 is 24.0 Å². The minimum Gasteiger partial charge on any atom is -0.495 e. The van der Waals surface area contributed by atoms with Crippen molar-refractivity contribution in [1.82, 2.24) is 0 Å². The van der Waals surface area contributed by atoms with E-state index < -0.39 is 5.97 Å². The highest BCUT2D eigenvalue weighted by Gasteiger charge is 2.35. The third-order valence-corrected chi connectivity index (χ3v) is 5.75. The van der Waals surface area contributed by atoms with Crippen molar-refractivity contribution in [1.29, 1.82) is 0 Å². The van der Waals surface area contributed by atoms with Crippen molar-refractivity contribution in [3.05, 3.63) is 76.9 Å². The number of amides is 1. The molecular weight excluding hydrogens is 422 g/mol. The van der Waals surface area contributed by atoms with E-state index in [4.69, 9.17) is 21.4 Å². The number of methoxy groups -OCH3 is 1. The molecule has 0 saturated carbocycles. The van der Waals surface area contributed by atoms with Gasteiger partial charge in [-0.15, -0.1) is 0 Å². The average Bonchev–Trinajstić information content (AvgIpc) is 3.32. The molecule has 0 bridgehead atoms. The molecule has 1 aliphatic heterocycles. The number of furan rings is 1. The summed E-state index contributed by atoms with van der Waals surface area (Å²) in [6, 6.07) is 17.1. The normalized spacial score (nSPS) is 15.1. The Morgan fingerprint density at radius 2 is 1.87 bits per heavy atom. The third kappa shape index (κ3) is 3.62. The maximum absolute atomic E-state index is 13.0. The van der Waals surface area contributed by atoms with Crippen LogP contribution in [-0.2, 0) is 4.79 Å². The fourth-order valence-electron chi connectivity index (χ4n) is 3.08. The number of carbonyl (C=O) groups is 2. The zero-order valence-corrected chi connectivity index (χ0v) is 17.3. The Balaban J connectivity index is 1.65. The number of nitrogens with zero attached hydrogens (tertiary/aromatic N) is 1. The van der Waals surface area contributed by atoms with Gasteiger partial charge >= 0.3 is 5.97 Å². The Labute approximate surface area is 181 Å². The summed E-state index contributed by atoms with van der Waals surface area (Å²) in [5, 5.41) is 9.38. The van der Waals surface area contributed by atoms with Crippen LogP contribution in [0.2, 0.25) is 0 Å². The maximum atomic E-state index is 13.0. The first-order valence-corrected chi connectivity index (χ1v) is 10.1. The second kappa shape index (κ2) is 8.17. The molecule has 1 aromatic heterocycles. The lowest BCUT2D eigenvalue weighted by atomic mass is 10.1. The fourth-order valence-corrected chi connectivity index (χ4v) is 4.34. The van der Waals surface area contributed by atoms with Crippen LogP contribution in [0.3, 0.4) is 0 Å². The summed E-state index contributed by atoms with van der Waals surface area (Å²) in [7, 11) is 1.53. The van der Waals surface area contributed by atoms with Gasteiger partial charge in [-0.05, 0) is 30.3 Å². The number of thiocarbonyl (C=S) groups is 1. The van der Waals surface area contributed by atoms with Gasteiger partial charge < -0.3 is 14.3 Å². The Morgan fingerprint density at radius 1 is 1.13 bits per heavy atom. The molecule has 4 rings (SSSR count). The summed E-state index contributed by atoms with van der Waals surface area (Å²) >= 11 is 6.57. The minimum atomic E-state index is -1.04. The van der Waals surface area contributed by atoms with E-state index in [-0.39, 0.29) is 11.5 Å². The van der Waals surface area contributed by atoms with Crippen molar-refractivity contribution in [2.24, 2.45) is 0 Å². The number of carboxylic acid groups (broad SMARTS) is 1. The topological polar surface area (TPSA) is 80.0 Å². The maximum Gasteiger partial charge on any atom is 0.336 e. The monoisotopic (exact) mass is 437 g/mol. The molecule has 6 nitrogen and oxygen atoms in total. The molecule has 1 fully saturated rings. The first-order chi connectivity index (χ1) is 14.5. The number of thioether (sulfide) groups is 1. The van der Waals surface area contributed by atoms with Gasteiger partial charge in [0.1, 0.15) is 17.3 Å². The van der Waals surface area contributed by atoms with Crippen LogP contribution in [0.5, 0.6) is 5.75 Å². The molecule has 8 heteroatoms. The van der Waals surface area contributed by atoms with Crippen molar-refractivity contribution in [2.75, 3.05) is 12.0 Å². The zero-order valence-electron chi connectivity index (χ0n) is 15.7. The van der Waals surface area contributed by atoms with Gasteiger partial charge in [0.2, 0.25) is 0 Å². The Kier molecular flexibility index (Phi) is 5.43. The van der Waals surface area contributed by atoms with E-state index in [0.29, 0.717) is 37.7 Å². The molecule has 30 heavy (non-hydrogen) atoms. The smallest absolute Gasteiger partial charge is 0.336 e. The standard InChI is InChI=1S/C22H15NO5S2/c1-27-18-9-5-4-8-16(18)23-20(24)19(30-22(23)29)12-13-10-11-17(28-13)14-6-2-3-7-15(14)21(25)26/h2-12H,1H3,(H,25,26)/b19-12-. The van der Waals surface area contributed by atoms with Gasteiger partial charge in [-0.25, -0.2) is 4.79 Å². The Morgan fingerprint density at radius 3 is 2.63 bits per heavy atom. The van der Waals surface area contributed by atoms with E-state index >= 15 is 0 Å². The van der Waals surface area contributed by atoms with E-state index in [9.17, 15) is 14.7 Å². The second-order valence-corrected chi connectivity index (χ2v) is 7.92. The number of hydrogen-bond acceptors (Lipinski definition) is 6. The number of carboxylic acids is 1. The van der Waals surface area contributed by atoms with E-state index in [0.717, 1.165) is 11.8 Å². The van der Waals surface area contributed by atoms with Crippen molar-refractivity contribution in [3.8, 4) is 17.1 Å². The molecule has 0 unspecified atom stereocenters. The minimum absolute atomic E-state index is 0.140. The largest absolute Gasteiger partial charge is 0.495 e. The summed E-state index contributed by atoms with van der Waals surface area (Å²) in [5.41, 5.74) is 1.17. The van der Waals surface area contributed by atoms with Crippen LogP contribution in [0.15, 0.2) is 70.0 Å². The van der Waals surface area contributed by atoms with Crippen LogP contribution < -0.4 is 9.64 Å². The highest BCUT2D eigenvalue weighted by Crippen LogP contribution is 2.40. The van der Waals surface area contributed by atoms with E-state index in [1.807, 2.05) is 6.07 Å². The van der Waals surface area contributed by atoms with Crippen LogP contribution in [0.4, 0.5) is 5.69 Å². The van der Waals surface area contributed by atoms with E-state index in [1.165, 1.54) is 18.1 Å². The number of ether oxygens (including phenoxy) is 1. The van der Waals surface area contributed by atoms with Gasteiger partial charge in [0, 0.05) is 11.6 Å². The van der Waals surface area contributed by atoms with Gasteiger partial charge in [0.15, 0.2) is 4.32 Å². The number of anilines is 1.